The summed E-state index contributed by atoms with van der Waals surface area (Å²) in [6.45, 7) is 11.9. The van der Waals surface area contributed by atoms with Gasteiger partial charge in [-0.15, -0.1) is 0 Å². The number of benzene rings is 1. The van der Waals surface area contributed by atoms with Gasteiger partial charge in [0, 0.05) is 33.0 Å². The predicted octanol–water partition coefficient (Wildman–Crippen LogP) is 3.55. The standard InChI is InChI=1S/C25H34N4O3/c1-18(26-19(2)30)20-8-10-21(11-9-20)32-22-12-13-28(16-22)23-6-5-7-24(27-23)29-14-15-31-25(3,4)17-29/h5-11,18,22H,12-17H2,1-4H3,(H,26,30). The van der Waals surface area contributed by atoms with Gasteiger partial charge in [0.15, 0.2) is 0 Å². The molecule has 3 heterocycles. The molecular weight excluding hydrogens is 404 g/mol. The molecule has 2 aromatic rings. The van der Waals surface area contributed by atoms with E-state index < -0.39 is 0 Å². The summed E-state index contributed by atoms with van der Waals surface area (Å²) in [5.74, 6) is 2.83. The highest BCUT2D eigenvalue weighted by molar-refractivity contribution is 5.73. The van der Waals surface area contributed by atoms with E-state index in [1.54, 1.807) is 0 Å². The number of ether oxygens (including phenoxy) is 2. The fourth-order valence-corrected chi connectivity index (χ4v) is 4.42. The van der Waals surface area contributed by atoms with Gasteiger partial charge in [-0.2, -0.15) is 0 Å². The number of hydrogen-bond acceptors (Lipinski definition) is 6. The molecule has 2 unspecified atom stereocenters. The van der Waals surface area contributed by atoms with E-state index >= 15 is 0 Å². The van der Waals surface area contributed by atoms with Crippen LogP contribution in [0.3, 0.4) is 0 Å². The van der Waals surface area contributed by atoms with Crippen LogP contribution in [0, 0.1) is 0 Å². The normalized spacial score (nSPS) is 21.3. The number of pyridine rings is 1. The minimum absolute atomic E-state index is 0.0149. The zero-order valence-corrected chi connectivity index (χ0v) is 19.5. The van der Waals surface area contributed by atoms with E-state index in [0.29, 0.717) is 0 Å². The lowest BCUT2D eigenvalue weighted by Crippen LogP contribution is -2.48. The minimum Gasteiger partial charge on any atom is -0.489 e. The summed E-state index contributed by atoms with van der Waals surface area (Å²) in [5.41, 5.74) is 0.908. The molecule has 1 amide bonds. The summed E-state index contributed by atoms with van der Waals surface area (Å²) in [6.07, 6.45) is 1.09. The van der Waals surface area contributed by atoms with E-state index in [1.165, 1.54) is 6.92 Å². The fourth-order valence-electron chi connectivity index (χ4n) is 4.42. The molecule has 0 radical (unpaired) electrons. The number of amides is 1. The second-order valence-electron chi connectivity index (χ2n) is 9.35. The van der Waals surface area contributed by atoms with Gasteiger partial charge in [-0.05, 0) is 50.6 Å². The van der Waals surface area contributed by atoms with E-state index in [4.69, 9.17) is 14.5 Å². The largest absolute Gasteiger partial charge is 0.489 e. The van der Waals surface area contributed by atoms with Gasteiger partial charge in [-0.1, -0.05) is 18.2 Å². The Morgan fingerprint density at radius 2 is 1.88 bits per heavy atom. The van der Waals surface area contributed by atoms with Crippen LogP contribution in [0.5, 0.6) is 5.75 Å². The average Bonchev–Trinajstić information content (AvgIpc) is 3.22. The molecule has 0 saturated carbocycles. The number of rotatable bonds is 6. The molecular formula is C25H34N4O3. The number of carbonyl (C=O) groups excluding carboxylic acids is 1. The number of nitrogens with zero attached hydrogens (tertiary/aromatic N) is 3. The van der Waals surface area contributed by atoms with Crippen LogP contribution in [-0.4, -0.2) is 55.4 Å². The van der Waals surface area contributed by atoms with Gasteiger partial charge in [-0.3, -0.25) is 4.79 Å². The van der Waals surface area contributed by atoms with Crippen LogP contribution in [0.15, 0.2) is 42.5 Å². The lowest BCUT2D eigenvalue weighted by Gasteiger charge is -2.39. The lowest BCUT2D eigenvalue weighted by atomic mass is 10.1. The molecule has 0 bridgehead atoms. The van der Waals surface area contributed by atoms with Crippen LogP contribution >= 0.6 is 0 Å². The Morgan fingerprint density at radius 1 is 1.16 bits per heavy atom. The highest BCUT2D eigenvalue weighted by Crippen LogP contribution is 2.27. The van der Waals surface area contributed by atoms with E-state index in [1.807, 2.05) is 31.2 Å². The first-order chi connectivity index (χ1) is 15.3. The Morgan fingerprint density at radius 3 is 2.56 bits per heavy atom. The molecule has 0 aliphatic carbocycles. The van der Waals surface area contributed by atoms with Crippen molar-refractivity contribution < 1.29 is 14.3 Å². The van der Waals surface area contributed by atoms with Gasteiger partial charge >= 0.3 is 0 Å². The van der Waals surface area contributed by atoms with Crippen LogP contribution in [0.4, 0.5) is 11.6 Å². The number of anilines is 2. The molecule has 7 heteroatoms. The molecule has 2 fully saturated rings. The van der Waals surface area contributed by atoms with Crippen LogP contribution in [0.1, 0.15) is 45.7 Å². The molecule has 1 aromatic carbocycles. The van der Waals surface area contributed by atoms with Crippen molar-refractivity contribution in [3.8, 4) is 5.75 Å². The molecule has 2 aliphatic heterocycles. The van der Waals surface area contributed by atoms with E-state index in [2.05, 4.69) is 47.2 Å². The molecule has 2 saturated heterocycles. The zero-order chi connectivity index (χ0) is 22.7. The summed E-state index contributed by atoms with van der Waals surface area (Å²) in [5, 5.41) is 2.90. The number of carbonyl (C=O) groups is 1. The van der Waals surface area contributed by atoms with Crippen molar-refractivity contribution >= 4 is 17.5 Å². The van der Waals surface area contributed by atoms with Gasteiger partial charge in [0.2, 0.25) is 5.91 Å². The lowest BCUT2D eigenvalue weighted by molar-refractivity contribution is -0.119. The van der Waals surface area contributed by atoms with Crippen molar-refractivity contribution in [3.05, 3.63) is 48.0 Å². The maximum Gasteiger partial charge on any atom is 0.217 e. The van der Waals surface area contributed by atoms with Gasteiger partial charge in [-0.25, -0.2) is 4.98 Å². The first kappa shape index (κ1) is 22.4. The highest BCUT2D eigenvalue weighted by atomic mass is 16.5. The number of morpholine rings is 1. The molecule has 172 valence electrons. The van der Waals surface area contributed by atoms with Gasteiger partial charge in [0.25, 0.3) is 0 Å². The Kier molecular flexibility index (Phi) is 6.55. The quantitative estimate of drug-likeness (QED) is 0.744. The summed E-state index contributed by atoms with van der Waals surface area (Å²) in [6, 6.07) is 14.2. The maximum absolute atomic E-state index is 11.3. The third-order valence-corrected chi connectivity index (χ3v) is 6.04. The van der Waals surface area contributed by atoms with Crippen LogP contribution in [0.2, 0.25) is 0 Å². The molecule has 2 aliphatic rings. The second-order valence-corrected chi connectivity index (χ2v) is 9.35. The highest BCUT2D eigenvalue weighted by Gasteiger charge is 2.29. The van der Waals surface area contributed by atoms with Gasteiger partial charge < -0.3 is 24.6 Å². The molecule has 1 aromatic heterocycles. The van der Waals surface area contributed by atoms with E-state index in [-0.39, 0.29) is 23.7 Å². The van der Waals surface area contributed by atoms with Crippen LogP contribution in [-0.2, 0) is 9.53 Å². The van der Waals surface area contributed by atoms with Crippen LogP contribution < -0.4 is 19.9 Å². The van der Waals surface area contributed by atoms with Gasteiger partial charge in [0.1, 0.15) is 23.5 Å². The first-order valence-corrected chi connectivity index (χ1v) is 11.4. The zero-order valence-electron chi connectivity index (χ0n) is 19.5. The van der Waals surface area contributed by atoms with Gasteiger partial charge in [0.05, 0.1) is 24.8 Å². The third kappa shape index (κ3) is 5.51. The average molecular weight is 439 g/mol. The summed E-state index contributed by atoms with van der Waals surface area (Å²) in [4.78, 5) is 20.8. The smallest absolute Gasteiger partial charge is 0.217 e. The summed E-state index contributed by atoms with van der Waals surface area (Å²) >= 11 is 0. The second kappa shape index (κ2) is 9.36. The van der Waals surface area contributed by atoms with Crippen molar-refractivity contribution in [1.82, 2.24) is 10.3 Å². The maximum atomic E-state index is 11.3. The minimum atomic E-state index is -0.155. The molecule has 32 heavy (non-hydrogen) atoms. The van der Waals surface area contributed by atoms with Crippen molar-refractivity contribution in [2.24, 2.45) is 0 Å². The van der Waals surface area contributed by atoms with E-state index in [9.17, 15) is 4.79 Å². The fraction of sp³-hybridized carbons (Fsp3) is 0.520. The topological polar surface area (TPSA) is 66.9 Å². The number of aromatic nitrogens is 1. The number of hydrogen-bond donors (Lipinski definition) is 1. The first-order valence-electron chi connectivity index (χ1n) is 11.4. The monoisotopic (exact) mass is 438 g/mol. The Bertz CT molecular complexity index is 931. The summed E-state index contributed by atoms with van der Waals surface area (Å²) < 4.78 is 12.1. The Labute approximate surface area is 190 Å². The van der Waals surface area contributed by atoms with Crippen molar-refractivity contribution in [2.75, 3.05) is 42.6 Å². The third-order valence-electron chi connectivity index (χ3n) is 6.04. The molecule has 7 nitrogen and oxygen atoms in total. The summed E-state index contributed by atoms with van der Waals surface area (Å²) in [7, 11) is 0. The Balaban J connectivity index is 1.35. The van der Waals surface area contributed by atoms with Crippen LogP contribution in [0.25, 0.3) is 0 Å². The molecule has 2 atom stereocenters. The number of nitrogens with one attached hydrogen (secondary N) is 1. The SMILES string of the molecule is CC(=O)NC(C)c1ccc(OC2CCN(c3cccc(N4CCOC(C)(C)C4)n3)C2)cc1. The Hall–Kier alpha value is -2.80. The van der Waals surface area contributed by atoms with E-state index in [0.717, 1.165) is 62.2 Å². The van der Waals surface area contributed by atoms with Crippen molar-refractivity contribution in [3.63, 3.8) is 0 Å². The van der Waals surface area contributed by atoms with Crippen molar-refractivity contribution in [1.29, 1.82) is 0 Å². The predicted molar refractivity (Wildman–Crippen MR) is 126 cm³/mol. The van der Waals surface area contributed by atoms with Crippen molar-refractivity contribution in [2.45, 2.75) is 51.9 Å². The molecule has 4 rings (SSSR count). The molecule has 0 spiro atoms. The molecule has 1 N–H and O–H groups in total.